The predicted molar refractivity (Wildman–Crippen MR) is 101 cm³/mol. The molecule has 2 heterocycles. The zero-order valence-electron chi connectivity index (χ0n) is 15.5. The summed E-state index contributed by atoms with van der Waals surface area (Å²) in [5.74, 6) is 0.0293. The number of aromatic hydroxyl groups is 1. The monoisotopic (exact) mass is 379 g/mol. The van der Waals surface area contributed by atoms with Gasteiger partial charge >= 0.3 is 5.97 Å². The number of thiocarbonyl (C=S) groups is 1. The summed E-state index contributed by atoms with van der Waals surface area (Å²) in [5, 5.41) is 29.7. The first kappa shape index (κ1) is 18.9. The molecule has 1 fully saturated rings. The van der Waals surface area contributed by atoms with Crippen molar-refractivity contribution in [3.8, 4) is 11.5 Å². The lowest BCUT2D eigenvalue weighted by Crippen LogP contribution is -2.54. The predicted octanol–water partition coefficient (Wildman–Crippen LogP) is 2.25. The Bertz CT molecular complexity index is 793. The number of carboxylic acids is 1. The van der Waals surface area contributed by atoms with Crippen LogP contribution in [0.3, 0.4) is 0 Å². The average molecular weight is 379 g/mol. The number of aliphatic carboxylic acids is 1. The van der Waals surface area contributed by atoms with Crippen molar-refractivity contribution in [2.75, 3.05) is 6.54 Å². The van der Waals surface area contributed by atoms with Gasteiger partial charge in [-0.25, -0.2) is 4.79 Å². The number of nitrogens with zero attached hydrogens (tertiary/aromatic N) is 1. The molecule has 3 rings (SSSR count). The van der Waals surface area contributed by atoms with Gasteiger partial charge in [-0.1, -0.05) is 12.2 Å². The Morgan fingerprint density at radius 1 is 1.27 bits per heavy atom. The van der Waals surface area contributed by atoms with Gasteiger partial charge in [0.05, 0.1) is 6.10 Å². The van der Waals surface area contributed by atoms with Gasteiger partial charge in [-0.3, -0.25) is 0 Å². The summed E-state index contributed by atoms with van der Waals surface area (Å²) in [5.41, 5.74) is 2.60. The zero-order valence-corrected chi connectivity index (χ0v) is 16.3. The Hall–Kier alpha value is -1.86. The Morgan fingerprint density at radius 3 is 2.54 bits per heavy atom. The van der Waals surface area contributed by atoms with Crippen molar-refractivity contribution in [3.63, 3.8) is 0 Å². The van der Waals surface area contributed by atoms with Crippen LogP contribution in [0.2, 0.25) is 0 Å². The Balaban J connectivity index is 1.96. The summed E-state index contributed by atoms with van der Waals surface area (Å²) in [6, 6.07) is -0.830. The number of aliphatic hydroxyl groups excluding tert-OH is 1. The van der Waals surface area contributed by atoms with Crippen LogP contribution in [0.5, 0.6) is 11.5 Å². The van der Waals surface area contributed by atoms with Crippen LogP contribution in [-0.4, -0.2) is 55.5 Å². The highest BCUT2D eigenvalue weighted by Gasteiger charge is 2.46. The van der Waals surface area contributed by atoms with E-state index in [0.717, 1.165) is 28.0 Å². The van der Waals surface area contributed by atoms with E-state index in [-0.39, 0.29) is 13.0 Å². The molecule has 142 valence electrons. The molecule has 6 nitrogen and oxygen atoms in total. The Labute approximate surface area is 158 Å². The second-order valence-corrected chi connectivity index (χ2v) is 7.95. The fourth-order valence-corrected chi connectivity index (χ4v) is 4.32. The summed E-state index contributed by atoms with van der Waals surface area (Å²) in [6.07, 6.45) is 0.714. The number of phenolic OH excluding ortho intramolecular Hbond substituents is 1. The molecule has 3 N–H and O–H groups in total. The summed E-state index contributed by atoms with van der Waals surface area (Å²) in [7, 11) is 0. The smallest absolute Gasteiger partial charge is 0.326 e. The van der Waals surface area contributed by atoms with Gasteiger partial charge in [0, 0.05) is 18.5 Å². The first-order valence-electron chi connectivity index (χ1n) is 8.79. The van der Waals surface area contributed by atoms with Crippen molar-refractivity contribution < 1.29 is 24.9 Å². The number of phenols is 1. The third-order valence-electron chi connectivity index (χ3n) is 5.80. The molecule has 2 aliphatic heterocycles. The van der Waals surface area contributed by atoms with Crippen LogP contribution in [0.1, 0.15) is 42.0 Å². The molecule has 3 unspecified atom stereocenters. The molecule has 0 saturated carbocycles. The molecule has 1 aromatic carbocycles. The van der Waals surface area contributed by atoms with Crippen LogP contribution in [-0.2, 0) is 11.2 Å². The molecular weight excluding hydrogens is 354 g/mol. The number of carbonyl (C=O) groups is 1. The van der Waals surface area contributed by atoms with E-state index >= 15 is 0 Å². The van der Waals surface area contributed by atoms with Crippen molar-refractivity contribution >= 4 is 23.2 Å². The second kappa shape index (κ2) is 6.39. The molecule has 26 heavy (non-hydrogen) atoms. The largest absolute Gasteiger partial charge is 0.507 e. The molecule has 0 spiro atoms. The number of β-amino-alcohol motifs (C(OH)–C–C–N with tert-alkyl or cyclic N) is 1. The molecule has 7 heteroatoms. The molecule has 1 aromatic rings. The molecule has 0 amide bonds. The van der Waals surface area contributed by atoms with Gasteiger partial charge in [-0.05, 0) is 57.2 Å². The van der Waals surface area contributed by atoms with Crippen molar-refractivity contribution in [2.24, 2.45) is 0 Å². The highest BCUT2D eigenvalue weighted by atomic mass is 32.1. The summed E-state index contributed by atoms with van der Waals surface area (Å²) in [6.45, 7) is 7.71. The number of hydrogen-bond donors (Lipinski definition) is 3. The number of likely N-dealkylation sites (tertiary alicyclic amines) is 1. The van der Waals surface area contributed by atoms with Gasteiger partial charge in [0.25, 0.3) is 0 Å². The van der Waals surface area contributed by atoms with Crippen LogP contribution in [0.25, 0.3) is 0 Å². The quantitative estimate of drug-likeness (QED) is 0.679. The topological polar surface area (TPSA) is 90.2 Å². The van der Waals surface area contributed by atoms with E-state index in [9.17, 15) is 20.1 Å². The first-order valence-corrected chi connectivity index (χ1v) is 9.20. The van der Waals surface area contributed by atoms with E-state index in [1.54, 1.807) is 4.90 Å². The summed E-state index contributed by atoms with van der Waals surface area (Å²) < 4.78 is 6.34. The molecule has 0 aromatic heterocycles. The van der Waals surface area contributed by atoms with Gasteiger partial charge in [0.15, 0.2) is 5.60 Å². The minimum atomic E-state index is -0.989. The van der Waals surface area contributed by atoms with Crippen LogP contribution in [0.15, 0.2) is 0 Å². The minimum Gasteiger partial charge on any atom is -0.507 e. The zero-order chi connectivity index (χ0) is 19.4. The number of rotatable bonds is 2. The fraction of sp³-hybridized carbons (Fsp3) is 0.579. The number of hydrogen-bond acceptors (Lipinski definition) is 5. The minimum absolute atomic E-state index is 0.160. The molecule has 0 bridgehead atoms. The molecule has 1 saturated heterocycles. The maximum Gasteiger partial charge on any atom is 0.326 e. The number of aliphatic hydroxyl groups is 1. The van der Waals surface area contributed by atoms with E-state index in [4.69, 9.17) is 17.0 Å². The first-order chi connectivity index (χ1) is 12.1. The van der Waals surface area contributed by atoms with Gasteiger partial charge in [-0.15, -0.1) is 0 Å². The molecule has 0 aliphatic carbocycles. The van der Waals surface area contributed by atoms with Crippen molar-refractivity contribution in [2.45, 2.75) is 64.7 Å². The number of carboxylic acid groups (broad SMARTS) is 1. The summed E-state index contributed by atoms with van der Waals surface area (Å²) in [4.78, 5) is 13.5. The number of fused-ring (bicyclic) bond motifs is 1. The maximum atomic E-state index is 11.5. The van der Waals surface area contributed by atoms with E-state index < -0.39 is 23.7 Å². The Kier molecular flexibility index (Phi) is 4.65. The fourth-order valence-electron chi connectivity index (χ4n) is 3.97. The number of ether oxygens (including phenoxy) is 1. The van der Waals surface area contributed by atoms with Crippen LogP contribution < -0.4 is 4.74 Å². The standard InChI is InChI=1S/C19H25NO5S/c1-9-10(2)16-13(11(3)15(9)22)5-6-19(4,25-16)18(26)20-8-12(21)7-14(20)17(23)24/h12,14,21-22H,5-8H2,1-4H3,(H,23,24). The van der Waals surface area contributed by atoms with Gasteiger partial charge in [0.1, 0.15) is 22.5 Å². The van der Waals surface area contributed by atoms with Crippen LogP contribution in [0.4, 0.5) is 0 Å². The van der Waals surface area contributed by atoms with Crippen LogP contribution in [0, 0.1) is 20.8 Å². The average Bonchev–Trinajstić information content (AvgIpc) is 2.99. The van der Waals surface area contributed by atoms with Gasteiger partial charge in [0.2, 0.25) is 0 Å². The van der Waals surface area contributed by atoms with E-state index in [1.165, 1.54) is 0 Å². The lowest BCUT2D eigenvalue weighted by atomic mass is 9.86. The second-order valence-electron chi connectivity index (χ2n) is 7.57. The highest BCUT2D eigenvalue weighted by Crippen LogP contribution is 2.44. The summed E-state index contributed by atoms with van der Waals surface area (Å²) >= 11 is 5.64. The van der Waals surface area contributed by atoms with E-state index in [0.29, 0.717) is 23.6 Å². The van der Waals surface area contributed by atoms with Crippen molar-refractivity contribution in [1.82, 2.24) is 4.90 Å². The van der Waals surface area contributed by atoms with Crippen molar-refractivity contribution in [1.29, 1.82) is 0 Å². The van der Waals surface area contributed by atoms with Gasteiger partial charge < -0.3 is 25.0 Å². The third-order valence-corrected chi connectivity index (χ3v) is 6.46. The maximum absolute atomic E-state index is 11.5. The molecule has 2 aliphatic rings. The van der Waals surface area contributed by atoms with Crippen molar-refractivity contribution in [3.05, 3.63) is 22.3 Å². The molecule has 3 atom stereocenters. The number of benzene rings is 1. The highest BCUT2D eigenvalue weighted by molar-refractivity contribution is 7.80. The lowest BCUT2D eigenvalue weighted by Gasteiger charge is -2.41. The third kappa shape index (κ3) is 2.83. The van der Waals surface area contributed by atoms with Gasteiger partial charge in [-0.2, -0.15) is 0 Å². The van der Waals surface area contributed by atoms with E-state index in [1.807, 2.05) is 27.7 Å². The lowest BCUT2D eigenvalue weighted by molar-refractivity contribution is -0.141. The molecule has 0 radical (unpaired) electrons. The SMILES string of the molecule is Cc1c(C)c2c(c(C)c1O)CCC(C)(C(=S)N1CC(O)CC1C(=O)O)O2. The Morgan fingerprint density at radius 2 is 1.92 bits per heavy atom. The normalized spacial score (nSPS) is 27.8. The van der Waals surface area contributed by atoms with Crippen LogP contribution >= 0.6 is 12.2 Å². The molecular formula is C19H25NO5S. The van der Waals surface area contributed by atoms with E-state index in [2.05, 4.69) is 0 Å².